The van der Waals surface area contributed by atoms with Gasteiger partial charge in [0.25, 0.3) is 0 Å². The topological polar surface area (TPSA) is 78.0 Å². The third-order valence-electron chi connectivity index (χ3n) is 4.69. The maximum Gasteiger partial charge on any atom is 0.344 e. The summed E-state index contributed by atoms with van der Waals surface area (Å²) in [5.41, 5.74) is 3.52. The molecule has 0 aliphatic rings. The average Bonchev–Trinajstić information content (AvgIpc) is 3.25. The van der Waals surface area contributed by atoms with E-state index in [1.54, 1.807) is 23.5 Å². The molecule has 0 unspecified atom stereocenters. The lowest BCUT2D eigenvalue weighted by molar-refractivity contribution is -0.147. The second kappa shape index (κ2) is 10.8. The van der Waals surface area contributed by atoms with Gasteiger partial charge in [0, 0.05) is 12.3 Å². The van der Waals surface area contributed by atoms with Crippen LogP contribution in [0.15, 0.2) is 47.8 Å². The molecule has 7 nitrogen and oxygen atoms in total. The largest absolute Gasteiger partial charge is 0.493 e. The zero-order valence-corrected chi connectivity index (χ0v) is 19.4. The van der Waals surface area contributed by atoms with E-state index in [2.05, 4.69) is 11.9 Å². The minimum absolute atomic E-state index is 0.00968. The quantitative estimate of drug-likeness (QED) is 0.431. The van der Waals surface area contributed by atoms with Crippen LogP contribution in [0.3, 0.4) is 0 Å². The number of hydrogen-bond acceptors (Lipinski definition) is 7. The molecule has 3 aromatic rings. The third kappa shape index (κ3) is 5.85. The van der Waals surface area contributed by atoms with Gasteiger partial charge in [0.2, 0.25) is 5.91 Å². The molecule has 1 amide bonds. The van der Waals surface area contributed by atoms with Crippen LogP contribution >= 0.6 is 11.3 Å². The van der Waals surface area contributed by atoms with Crippen LogP contribution in [0.25, 0.3) is 0 Å². The molecule has 0 aliphatic heterocycles. The molecule has 32 heavy (non-hydrogen) atoms. The number of hydrogen-bond donors (Lipinski definition) is 0. The van der Waals surface area contributed by atoms with Gasteiger partial charge in [-0.1, -0.05) is 25.1 Å². The number of rotatable bonds is 9. The minimum Gasteiger partial charge on any atom is -0.493 e. The molecule has 0 radical (unpaired) electrons. The normalized spacial score (nSPS) is 10.5. The van der Waals surface area contributed by atoms with Crippen LogP contribution in [0.1, 0.15) is 30.7 Å². The third-order valence-corrected chi connectivity index (χ3v) is 5.57. The molecule has 0 saturated heterocycles. The van der Waals surface area contributed by atoms with Crippen molar-refractivity contribution < 1.29 is 23.8 Å². The monoisotopic (exact) mass is 454 g/mol. The van der Waals surface area contributed by atoms with Crippen molar-refractivity contribution in [3.8, 4) is 11.5 Å². The summed E-state index contributed by atoms with van der Waals surface area (Å²) in [7, 11) is 1.54. The summed E-state index contributed by atoms with van der Waals surface area (Å²) in [6.07, 6.45) is 0.924. The molecule has 0 saturated carbocycles. The Balaban J connectivity index is 1.59. The SMILES string of the molecule is CCc1ccc(N(C(C)=O)c2nc(COC(=O)COc3ccc(C)cc3OC)cs2)cc1. The van der Waals surface area contributed by atoms with Crippen LogP contribution in [-0.4, -0.2) is 30.6 Å². The van der Waals surface area contributed by atoms with Gasteiger partial charge in [-0.3, -0.25) is 9.69 Å². The maximum absolute atomic E-state index is 12.2. The predicted octanol–water partition coefficient (Wildman–Crippen LogP) is 4.83. The fourth-order valence-electron chi connectivity index (χ4n) is 3.00. The molecular weight excluding hydrogens is 428 g/mol. The summed E-state index contributed by atoms with van der Waals surface area (Å²) in [6.45, 7) is 5.25. The van der Waals surface area contributed by atoms with Crippen molar-refractivity contribution in [1.82, 2.24) is 4.98 Å². The Labute approximate surface area is 191 Å². The van der Waals surface area contributed by atoms with E-state index in [4.69, 9.17) is 14.2 Å². The second-order valence-electron chi connectivity index (χ2n) is 7.10. The van der Waals surface area contributed by atoms with Crippen LogP contribution in [-0.2, 0) is 27.4 Å². The molecule has 1 heterocycles. The lowest BCUT2D eigenvalue weighted by atomic mass is 10.1. The summed E-state index contributed by atoms with van der Waals surface area (Å²) in [6, 6.07) is 13.2. The minimum atomic E-state index is -0.527. The molecule has 168 valence electrons. The van der Waals surface area contributed by atoms with Crippen LogP contribution < -0.4 is 14.4 Å². The first-order valence-electron chi connectivity index (χ1n) is 10.2. The predicted molar refractivity (Wildman–Crippen MR) is 124 cm³/mol. The molecule has 0 aliphatic carbocycles. The van der Waals surface area contributed by atoms with Crippen LogP contribution in [0.2, 0.25) is 0 Å². The first-order chi connectivity index (χ1) is 15.4. The van der Waals surface area contributed by atoms with Gasteiger partial charge in [0.1, 0.15) is 6.61 Å². The summed E-state index contributed by atoms with van der Waals surface area (Å²) in [5, 5.41) is 2.29. The van der Waals surface area contributed by atoms with Crippen molar-refractivity contribution in [3.05, 3.63) is 64.7 Å². The number of carbonyl (C=O) groups is 2. The molecule has 1 aromatic heterocycles. The Hall–Kier alpha value is -3.39. The summed E-state index contributed by atoms with van der Waals surface area (Å²) in [4.78, 5) is 30.4. The lowest BCUT2D eigenvalue weighted by Crippen LogP contribution is -2.22. The lowest BCUT2D eigenvalue weighted by Gasteiger charge is -2.18. The number of aromatic nitrogens is 1. The standard InChI is InChI=1S/C24H26N2O5S/c1-5-18-7-9-20(10-8-18)26(17(3)27)24-25-19(15-32-24)13-31-23(28)14-30-21-11-6-16(2)12-22(21)29-4/h6-12,15H,5,13-14H2,1-4H3. The van der Waals surface area contributed by atoms with E-state index in [0.717, 1.165) is 17.7 Å². The first-order valence-corrected chi connectivity index (χ1v) is 11.1. The summed E-state index contributed by atoms with van der Waals surface area (Å²) < 4.78 is 16.1. The van der Waals surface area contributed by atoms with Crippen molar-refractivity contribution in [2.45, 2.75) is 33.8 Å². The number of carbonyl (C=O) groups excluding carboxylic acids is 2. The van der Waals surface area contributed by atoms with E-state index >= 15 is 0 Å². The highest BCUT2D eigenvalue weighted by atomic mass is 32.1. The number of nitrogens with zero attached hydrogens (tertiary/aromatic N) is 2. The van der Waals surface area contributed by atoms with E-state index in [9.17, 15) is 9.59 Å². The zero-order valence-electron chi connectivity index (χ0n) is 18.6. The smallest absolute Gasteiger partial charge is 0.344 e. The number of methoxy groups -OCH3 is 1. The van der Waals surface area contributed by atoms with Crippen LogP contribution in [0.4, 0.5) is 10.8 Å². The molecule has 0 N–H and O–H groups in total. The number of ether oxygens (including phenoxy) is 3. The van der Waals surface area contributed by atoms with Gasteiger partial charge in [-0.2, -0.15) is 0 Å². The Morgan fingerprint density at radius 1 is 1.09 bits per heavy atom. The van der Waals surface area contributed by atoms with Gasteiger partial charge >= 0.3 is 5.97 Å². The number of benzene rings is 2. The van der Waals surface area contributed by atoms with Crippen molar-refractivity contribution in [1.29, 1.82) is 0 Å². The molecule has 8 heteroatoms. The van der Waals surface area contributed by atoms with Gasteiger partial charge in [-0.25, -0.2) is 9.78 Å². The maximum atomic E-state index is 12.2. The number of esters is 1. The van der Waals surface area contributed by atoms with E-state index in [-0.39, 0.29) is 19.1 Å². The fourth-order valence-corrected chi connectivity index (χ4v) is 3.87. The van der Waals surface area contributed by atoms with Crippen molar-refractivity contribution in [2.24, 2.45) is 0 Å². The number of aryl methyl sites for hydroxylation is 2. The van der Waals surface area contributed by atoms with Crippen LogP contribution in [0.5, 0.6) is 11.5 Å². The number of anilines is 2. The molecule has 0 bridgehead atoms. The molecule has 0 fully saturated rings. The Bertz CT molecular complexity index is 1080. The van der Waals surface area contributed by atoms with Gasteiger partial charge in [0.15, 0.2) is 23.2 Å². The highest BCUT2D eigenvalue weighted by molar-refractivity contribution is 7.14. The molecule has 3 rings (SSSR count). The number of thiazole rings is 1. The first kappa shape index (κ1) is 23.3. The Kier molecular flexibility index (Phi) is 7.83. The van der Waals surface area contributed by atoms with Gasteiger partial charge in [-0.15, -0.1) is 11.3 Å². The summed E-state index contributed by atoms with van der Waals surface area (Å²) in [5.74, 6) is 0.351. The fraction of sp³-hybridized carbons (Fsp3) is 0.292. The highest BCUT2D eigenvalue weighted by Gasteiger charge is 2.18. The number of amides is 1. The van der Waals surface area contributed by atoms with E-state index in [0.29, 0.717) is 22.3 Å². The van der Waals surface area contributed by atoms with E-state index < -0.39 is 5.97 Å². The molecule has 0 spiro atoms. The molecule has 2 aromatic carbocycles. The van der Waals surface area contributed by atoms with Crippen LogP contribution in [0, 0.1) is 6.92 Å². The molecule has 0 atom stereocenters. The van der Waals surface area contributed by atoms with Gasteiger partial charge in [0.05, 0.1) is 18.5 Å². The van der Waals surface area contributed by atoms with Crippen molar-refractivity contribution >= 4 is 34.0 Å². The van der Waals surface area contributed by atoms with Gasteiger partial charge in [-0.05, 0) is 48.7 Å². The Morgan fingerprint density at radius 3 is 2.50 bits per heavy atom. The highest BCUT2D eigenvalue weighted by Crippen LogP contribution is 2.30. The van der Waals surface area contributed by atoms with E-state index in [1.165, 1.54) is 23.8 Å². The average molecular weight is 455 g/mol. The zero-order chi connectivity index (χ0) is 23.1. The van der Waals surface area contributed by atoms with Crippen molar-refractivity contribution in [3.63, 3.8) is 0 Å². The Morgan fingerprint density at radius 2 is 1.84 bits per heavy atom. The van der Waals surface area contributed by atoms with E-state index in [1.807, 2.05) is 43.3 Å². The van der Waals surface area contributed by atoms with Crippen molar-refractivity contribution in [2.75, 3.05) is 18.6 Å². The molecular formula is C24H26N2O5S. The second-order valence-corrected chi connectivity index (χ2v) is 7.94. The van der Waals surface area contributed by atoms with Gasteiger partial charge < -0.3 is 14.2 Å². The summed E-state index contributed by atoms with van der Waals surface area (Å²) >= 11 is 1.31.